The second kappa shape index (κ2) is 7.52. The van der Waals surface area contributed by atoms with Crippen LogP contribution in [0.3, 0.4) is 0 Å². The summed E-state index contributed by atoms with van der Waals surface area (Å²) in [5.74, 6) is -1.05. The van der Waals surface area contributed by atoms with Gasteiger partial charge >= 0.3 is 5.97 Å². The summed E-state index contributed by atoms with van der Waals surface area (Å²) in [7, 11) is -2.76. The lowest BCUT2D eigenvalue weighted by Gasteiger charge is -2.45. The lowest BCUT2D eigenvalue weighted by Crippen LogP contribution is -2.68. The lowest BCUT2D eigenvalue weighted by atomic mass is 10.2. The number of aliphatic carboxylic acids is 1. The van der Waals surface area contributed by atoms with Crippen LogP contribution in [0.25, 0.3) is 0 Å². The molecule has 134 valence electrons. The van der Waals surface area contributed by atoms with E-state index in [0.717, 1.165) is 10.4 Å². The fourth-order valence-corrected chi connectivity index (χ4v) is 7.96. The van der Waals surface area contributed by atoms with Crippen LogP contribution in [0.15, 0.2) is 60.7 Å². The highest BCUT2D eigenvalue weighted by Crippen LogP contribution is 2.37. The zero-order chi connectivity index (χ0) is 18.7. The van der Waals surface area contributed by atoms with E-state index in [1.165, 1.54) is 0 Å². The molecule has 2 rings (SSSR count). The standard InChI is InChI=1S/C20H27NO3Si/c1-15(18(21)19(22)23)24-25(20(2,3)4,16-11-7-5-8-12-16)17-13-9-6-10-14-17/h5-15,18H,21H2,1-4H3,(H,22,23). The fourth-order valence-electron chi connectivity index (χ4n) is 3.24. The van der Waals surface area contributed by atoms with Crippen LogP contribution < -0.4 is 16.1 Å². The zero-order valence-electron chi connectivity index (χ0n) is 15.3. The molecule has 2 aromatic rings. The largest absolute Gasteiger partial charge is 0.480 e. The maximum Gasteiger partial charge on any atom is 0.323 e. The maximum absolute atomic E-state index is 11.4. The van der Waals surface area contributed by atoms with Crippen molar-refractivity contribution in [3.05, 3.63) is 60.7 Å². The molecule has 0 heterocycles. The Balaban J connectivity index is 2.67. The first kappa shape index (κ1) is 19.4. The molecule has 5 heteroatoms. The molecule has 0 aromatic heterocycles. The molecule has 0 saturated carbocycles. The lowest BCUT2D eigenvalue weighted by molar-refractivity contribution is -0.140. The number of rotatable bonds is 6. The van der Waals surface area contributed by atoms with Crippen molar-refractivity contribution in [2.75, 3.05) is 0 Å². The maximum atomic E-state index is 11.4. The first-order chi connectivity index (χ1) is 11.7. The summed E-state index contributed by atoms with van der Waals surface area (Å²) < 4.78 is 6.63. The summed E-state index contributed by atoms with van der Waals surface area (Å²) in [4.78, 5) is 11.4. The first-order valence-electron chi connectivity index (χ1n) is 8.47. The molecule has 2 unspecified atom stereocenters. The van der Waals surface area contributed by atoms with Crippen molar-refractivity contribution < 1.29 is 14.3 Å². The molecule has 25 heavy (non-hydrogen) atoms. The van der Waals surface area contributed by atoms with Gasteiger partial charge in [-0.15, -0.1) is 0 Å². The van der Waals surface area contributed by atoms with Gasteiger partial charge in [0.05, 0.1) is 6.10 Å². The Bertz CT molecular complexity index is 658. The molecule has 2 atom stereocenters. The van der Waals surface area contributed by atoms with E-state index in [0.29, 0.717) is 0 Å². The molecule has 0 bridgehead atoms. The molecule has 3 N–H and O–H groups in total. The van der Waals surface area contributed by atoms with Crippen LogP contribution in [0.5, 0.6) is 0 Å². The Morgan fingerprint density at radius 2 is 1.40 bits per heavy atom. The Labute approximate surface area is 150 Å². The quantitative estimate of drug-likeness (QED) is 0.779. The highest BCUT2D eigenvalue weighted by Gasteiger charge is 2.51. The van der Waals surface area contributed by atoms with E-state index in [2.05, 4.69) is 45.0 Å². The van der Waals surface area contributed by atoms with Gasteiger partial charge in [-0.2, -0.15) is 0 Å². The van der Waals surface area contributed by atoms with Crippen LogP contribution in [0.2, 0.25) is 5.04 Å². The van der Waals surface area contributed by atoms with Gasteiger partial charge in [0.25, 0.3) is 8.32 Å². The Kier molecular flexibility index (Phi) is 5.82. The molecular weight excluding hydrogens is 330 g/mol. The monoisotopic (exact) mass is 357 g/mol. The van der Waals surface area contributed by atoms with Crippen molar-refractivity contribution in [3.8, 4) is 0 Å². The second-order valence-electron chi connectivity index (χ2n) is 7.35. The minimum absolute atomic E-state index is 0.206. The Hall–Kier alpha value is -1.95. The van der Waals surface area contributed by atoms with Gasteiger partial charge in [-0.05, 0) is 22.3 Å². The number of hydrogen-bond acceptors (Lipinski definition) is 3. The van der Waals surface area contributed by atoms with Crippen molar-refractivity contribution in [1.82, 2.24) is 0 Å². The van der Waals surface area contributed by atoms with E-state index in [1.807, 2.05) is 36.4 Å². The first-order valence-corrected chi connectivity index (χ1v) is 10.4. The predicted octanol–water partition coefficient (Wildman–Crippen LogP) is 2.36. The van der Waals surface area contributed by atoms with Gasteiger partial charge in [0, 0.05) is 0 Å². The van der Waals surface area contributed by atoms with E-state index in [-0.39, 0.29) is 5.04 Å². The van der Waals surface area contributed by atoms with E-state index >= 15 is 0 Å². The van der Waals surface area contributed by atoms with Gasteiger partial charge in [-0.1, -0.05) is 81.4 Å². The minimum Gasteiger partial charge on any atom is -0.480 e. The van der Waals surface area contributed by atoms with E-state index in [4.69, 9.17) is 10.2 Å². The number of carboxylic acids is 1. The Morgan fingerprint density at radius 3 is 1.72 bits per heavy atom. The van der Waals surface area contributed by atoms with Crippen molar-refractivity contribution in [2.24, 2.45) is 5.73 Å². The average Bonchev–Trinajstić information content (AvgIpc) is 2.59. The fraction of sp³-hybridized carbons (Fsp3) is 0.350. The molecule has 0 aliphatic carbocycles. The average molecular weight is 358 g/mol. The Morgan fingerprint density at radius 1 is 1.00 bits per heavy atom. The van der Waals surface area contributed by atoms with Crippen LogP contribution in [0, 0.1) is 0 Å². The highest BCUT2D eigenvalue weighted by molar-refractivity contribution is 6.99. The molecule has 0 spiro atoms. The normalized spacial score (nSPS) is 14.8. The van der Waals surface area contributed by atoms with Gasteiger partial charge in [-0.25, -0.2) is 0 Å². The number of carboxylic acid groups (broad SMARTS) is 1. The summed E-state index contributed by atoms with van der Waals surface area (Å²) in [6.45, 7) is 8.20. The number of benzene rings is 2. The minimum atomic E-state index is -2.76. The number of hydrogen-bond donors (Lipinski definition) is 2. The summed E-state index contributed by atoms with van der Waals surface area (Å²) in [5.41, 5.74) is 5.86. The van der Waals surface area contributed by atoms with Crippen molar-refractivity contribution in [1.29, 1.82) is 0 Å². The summed E-state index contributed by atoms with van der Waals surface area (Å²) >= 11 is 0. The summed E-state index contributed by atoms with van der Waals surface area (Å²) in [5, 5.41) is 11.3. The topological polar surface area (TPSA) is 72.5 Å². The van der Waals surface area contributed by atoms with Crippen LogP contribution in [0.1, 0.15) is 27.7 Å². The van der Waals surface area contributed by atoms with Crippen molar-refractivity contribution in [2.45, 2.75) is 44.9 Å². The van der Waals surface area contributed by atoms with Crippen LogP contribution >= 0.6 is 0 Å². The van der Waals surface area contributed by atoms with Gasteiger partial charge in [0.15, 0.2) is 0 Å². The third-order valence-corrected chi connectivity index (χ3v) is 9.70. The smallest absolute Gasteiger partial charge is 0.323 e. The predicted molar refractivity (Wildman–Crippen MR) is 104 cm³/mol. The second-order valence-corrected chi connectivity index (χ2v) is 11.6. The van der Waals surface area contributed by atoms with E-state index in [1.54, 1.807) is 6.92 Å². The zero-order valence-corrected chi connectivity index (χ0v) is 16.3. The molecule has 0 aliphatic heterocycles. The van der Waals surface area contributed by atoms with Crippen molar-refractivity contribution in [3.63, 3.8) is 0 Å². The molecule has 0 amide bonds. The van der Waals surface area contributed by atoms with Crippen LogP contribution in [-0.2, 0) is 9.22 Å². The van der Waals surface area contributed by atoms with E-state index in [9.17, 15) is 9.90 Å². The number of carbonyl (C=O) groups is 1. The van der Waals surface area contributed by atoms with Gasteiger partial charge in [0.1, 0.15) is 6.04 Å². The van der Waals surface area contributed by atoms with Crippen LogP contribution in [0.4, 0.5) is 0 Å². The third kappa shape index (κ3) is 3.84. The third-order valence-electron chi connectivity index (χ3n) is 4.57. The molecule has 0 aliphatic rings. The summed E-state index contributed by atoms with van der Waals surface area (Å²) in [6.07, 6.45) is -0.608. The molecule has 0 saturated heterocycles. The molecule has 2 aromatic carbocycles. The highest BCUT2D eigenvalue weighted by atomic mass is 28.4. The summed E-state index contributed by atoms with van der Waals surface area (Å²) in [6, 6.07) is 19.2. The van der Waals surface area contributed by atoms with Crippen molar-refractivity contribution >= 4 is 24.7 Å². The van der Waals surface area contributed by atoms with Gasteiger partial charge in [-0.3, -0.25) is 4.79 Å². The molecule has 0 fully saturated rings. The number of nitrogens with two attached hydrogens (primary N) is 1. The van der Waals surface area contributed by atoms with Gasteiger partial charge in [0.2, 0.25) is 0 Å². The van der Waals surface area contributed by atoms with Crippen LogP contribution in [-0.4, -0.2) is 31.5 Å². The van der Waals surface area contributed by atoms with E-state index < -0.39 is 26.4 Å². The molecule has 0 radical (unpaired) electrons. The SMILES string of the molecule is CC(O[Si](c1ccccc1)(c1ccccc1)C(C)(C)C)C(N)C(=O)O. The van der Waals surface area contributed by atoms with Gasteiger partial charge < -0.3 is 15.3 Å². The molecular formula is C20H27NO3Si. The molecule has 4 nitrogen and oxygen atoms in total.